The van der Waals surface area contributed by atoms with E-state index in [1.165, 1.54) is 5.56 Å². The third-order valence-electron chi connectivity index (χ3n) is 3.12. The predicted octanol–water partition coefficient (Wildman–Crippen LogP) is 3.81. The van der Waals surface area contributed by atoms with Gasteiger partial charge in [0.1, 0.15) is 5.75 Å². The van der Waals surface area contributed by atoms with Gasteiger partial charge in [0.25, 0.3) is 0 Å². The van der Waals surface area contributed by atoms with Gasteiger partial charge in [-0.1, -0.05) is 30.3 Å². The van der Waals surface area contributed by atoms with Gasteiger partial charge in [-0.15, -0.1) is 11.3 Å². The summed E-state index contributed by atoms with van der Waals surface area (Å²) in [6.07, 6.45) is 0.869. The zero-order valence-corrected chi connectivity index (χ0v) is 12.1. The lowest BCUT2D eigenvalue weighted by atomic mass is 10.2. The highest BCUT2D eigenvalue weighted by Gasteiger charge is 2.07. The zero-order chi connectivity index (χ0) is 13.9. The third kappa shape index (κ3) is 2.75. The molecule has 0 saturated heterocycles. The Morgan fingerprint density at radius 2 is 2.00 bits per heavy atom. The molecule has 0 radical (unpaired) electrons. The predicted molar refractivity (Wildman–Crippen MR) is 84.4 cm³/mol. The van der Waals surface area contributed by atoms with Crippen LogP contribution in [0.2, 0.25) is 0 Å². The van der Waals surface area contributed by atoms with Crippen molar-refractivity contribution in [2.75, 3.05) is 12.3 Å². The van der Waals surface area contributed by atoms with Crippen LogP contribution in [0.3, 0.4) is 0 Å². The number of ether oxygens (including phenoxy) is 1. The SMILES string of the molecule is Cc1nc2cc(OCCc3ccccc3)c(N)cc2s1. The maximum Gasteiger partial charge on any atom is 0.144 e. The van der Waals surface area contributed by atoms with Crippen LogP contribution in [0.25, 0.3) is 10.2 Å². The maximum atomic E-state index is 6.03. The molecule has 3 rings (SSSR count). The van der Waals surface area contributed by atoms with E-state index in [0.29, 0.717) is 12.3 Å². The minimum absolute atomic E-state index is 0.614. The smallest absolute Gasteiger partial charge is 0.144 e. The van der Waals surface area contributed by atoms with E-state index in [-0.39, 0.29) is 0 Å². The van der Waals surface area contributed by atoms with Gasteiger partial charge in [0.15, 0.2) is 0 Å². The summed E-state index contributed by atoms with van der Waals surface area (Å²) in [5.74, 6) is 0.721. The Kier molecular flexibility index (Phi) is 3.56. The first-order valence-corrected chi connectivity index (χ1v) is 7.37. The Hall–Kier alpha value is -2.07. The second kappa shape index (κ2) is 5.51. The molecule has 2 N–H and O–H groups in total. The number of benzene rings is 2. The lowest BCUT2D eigenvalue weighted by Crippen LogP contribution is -2.03. The zero-order valence-electron chi connectivity index (χ0n) is 11.3. The number of hydrogen-bond acceptors (Lipinski definition) is 4. The molecule has 0 aliphatic rings. The van der Waals surface area contributed by atoms with E-state index < -0.39 is 0 Å². The second-order valence-corrected chi connectivity index (χ2v) is 5.91. The Morgan fingerprint density at radius 3 is 2.80 bits per heavy atom. The number of nitrogens with two attached hydrogens (primary N) is 1. The first kappa shape index (κ1) is 12.9. The van der Waals surface area contributed by atoms with Gasteiger partial charge in [-0.25, -0.2) is 4.98 Å². The molecule has 0 saturated carbocycles. The van der Waals surface area contributed by atoms with E-state index >= 15 is 0 Å². The second-order valence-electron chi connectivity index (χ2n) is 4.67. The monoisotopic (exact) mass is 284 g/mol. The van der Waals surface area contributed by atoms with Crippen LogP contribution in [0, 0.1) is 6.92 Å². The highest BCUT2D eigenvalue weighted by molar-refractivity contribution is 7.18. The highest BCUT2D eigenvalue weighted by Crippen LogP contribution is 2.31. The maximum absolute atomic E-state index is 6.03. The first-order valence-electron chi connectivity index (χ1n) is 6.56. The van der Waals surface area contributed by atoms with Crippen molar-refractivity contribution in [1.82, 2.24) is 4.98 Å². The van der Waals surface area contributed by atoms with Gasteiger partial charge in [-0.3, -0.25) is 0 Å². The molecule has 0 amide bonds. The summed E-state index contributed by atoms with van der Waals surface area (Å²) in [5.41, 5.74) is 8.92. The van der Waals surface area contributed by atoms with Crippen LogP contribution in [-0.2, 0) is 6.42 Å². The number of rotatable bonds is 4. The molecular weight excluding hydrogens is 268 g/mol. The van der Waals surface area contributed by atoms with Gasteiger partial charge in [-0.2, -0.15) is 0 Å². The highest BCUT2D eigenvalue weighted by atomic mass is 32.1. The number of thiazole rings is 1. The lowest BCUT2D eigenvalue weighted by molar-refractivity contribution is 0.324. The van der Waals surface area contributed by atoms with Gasteiger partial charge in [-0.05, 0) is 18.6 Å². The summed E-state index contributed by atoms with van der Waals surface area (Å²) in [4.78, 5) is 4.46. The molecule has 20 heavy (non-hydrogen) atoms. The van der Waals surface area contributed by atoms with E-state index in [9.17, 15) is 0 Å². The van der Waals surface area contributed by atoms with Gasteiger partial charge >= 0.3 is 0 Å². The van der Waals surface area contributed by atoms with Crippen molar-refractivity contribution >= 4 is 27.2 Å². The number of nitrogen functional groups attached to an aromatic ring is 1. The summed E-state index contributed by atoms with van der Waals surface area (Å²) in [7, 11) is 0. The van der Waals surface area contributed by atoms with Crippen LogP contribution in [0.5, 0.6) is 5.75 Å². The summed E-state index contributed by atoms with van der Waals surface area (Å²) in [6, 6.07) is 14.2. The number of nitrogens with zero attached hydrogens (tertiary/aromatic N) is 1. The molecule has 1 aromatic heterocycles. The number of aryl methyl sites for hydroxylation is 1. The molecule has 4 heteroatoms. The number of fused-ring (bicyclic) bond motifs is 1. The summed E-state index contributed by atoms with van der Waals surface area (Å²) in [5, 5.41) is 1.04. The summed E-state index contributed by atoms with van der Waals surface area (Å²) < 4.78 is 6.90. The Labute approximate surface area is 122 Å². The van der Waals surface area contributed by atoms with E-state index in [2.05, 4.69) is 17.1 Å². The normalized spacial score (nSPS) is 10.8. The molecule has 3 aromatic rings. The molecule has 0 fully saturated rings. The van der Waals surface area contributed by atoms with Crippen molar-refractivity contribution < 1.29 is 4.74 Å². The number of aromatic nitrogens is 1. The molecule has 3 nitrogen and oxygen atoms in total. The quantitative estimate of drug-likeness (QED) is 0.741. The van der Waals surface area contributed by atoms with Crippen molar-refractivity contribution in [1.29, 1.82) is 0 Å². The Balaban J connectivity index is 1.72. The van der Waals surface area contributed by atoms with E-state index in [1.54, 1.807) is 11.3 Å². The molecule has 0 atom stereocenters. The summed E-state index contributed by atoms with van der Waals surface area (Å²) >= 11 is 1.65. The average molecular weight is 284 g/mol. The number of hydrogen-bond donors (Lipinski definition) is 1. The van der Waals surface area contributed by atoms with Crippen molar-refractivity contribution in [3.8, 4) is 5.75 Å². The summed E-state index contributed by atoms with van der Waals surface area (Å²) in [6.45, 7) is 2.61. The van der Waals surface area contributed by atoms with Gasteiger partial charge in [0, 0.05) is 12.5 Å². The van der Waals surface area contributed by atoms with Crippen molar-refractivity contribution in [3.63, 3.8) is 0 Å². The van der Waals surface area contributed by atoms with E-state index in [0.717, 1.165) is 27.4 Å². The molecule has 102 valence electrons. The molecule has 0 aliphatic carbocycles. The Morgan fingerprint density at radius 1 is 1.20 bits per heavy atom. The van der Waals surface area contributed by atoms with Crippen LogP contribution >= 0.6 is 11.3 Å². The van der Waals surface area contributed by atoms with Crippen LogP contribution in [0.15, 0.2) is 42.5 Å². The number of anilines is 1. The van der Waals surface area contributed by atoms with Crippen LogP contribution in [0.1, 0.15) is 10.6 Å². The van der Waals surface area contributed by atoms with Crippen LogP contribution in [-0.4, -0.2) is 11.6 Å². The first-order chi connectivity index (χ1) is 9.72. The fourth-order valence-electron chi connectivity index (χ4n) is 2.13. The van der Waals surface area contributed by atoms with Crippen molar-refractivity contribution in [2.24, 2.45) is 0 Å². The topological polar surface area (TPSA) is 48.1 Å². The minimum atomic E-state index is 0.614. The fourth-order valence-corrected chi connectivity index (χ4v) is 2.99. The largest absolute Gasteiger partial charge is 0.491 e. The molecule has 0 unspecified atom stereocenters. The average Bonchev–Trinajstić information content (AvgIpc) is 2.79. The molecule has 0 bridgehead atoms. The molecule has 0 aliphatic heterocycles. The third-order valence-corrected chi connectivity index (χ3v) is 4.05. The molecular formula is C16H16N2OS. The van der Waals surface area contributed by atoms with Crippen molar-refractivity contribution in [2.45, 2.75) is 13.3 Å². The van der Waals surface area contributed by atoms with Gasteiger partial charge in [0.2, 0.25) is 0 Å². The molecule has 0 spiro atoms. The van der Waals surface area contributed by atoms with E-state index in [1.807, 2.05) is 37.3 Å². The fraction of sp³-hybridized carbons (Fsp3) is 0.188. The van der Waals surface area contributed by atoms with Gasteiger partial charge < -0.3 is 10.5 Å². The van der Waals surface area contributed by atoms with Crippen molar-refractivity contribution in [3.05, 3.63) is 53.0 Å². The standard InChI is InChI=1S/C16H16N2OS/c1-11-18-14-10-15(13(17)9-16(14)20-11)19-8-7-12-5-3-2-4-6-12/h2-6,9-10H,7-8,17H2,1H3. The lowest BCUT2D eigenvalue weighted by Gasteiger charge is -2.08. The van der Waals surface area contributed by atoms with E-state index in [4.69, 9.17) is 10.5 Å². The Bertz CT molecular complexity index is 722. The van der Waals surface area contributed by atoms with Crippen LogP contribution in [0.4, 0.5) is 5.69 Å². The van der Waals surface area contributed by atoms with Crippen LogP contribution < -0.4 is 10.5 Å². The minimum Gasteiger partial charge on any atom is -0.491 e. The van der Waals surface area contributed by atoms with Gasteiger partial charge in [0.05, 0.1) is 27.5 Å². The molecule has 1 heterocycles. The molecule has 2 aromatic carbocycles.